The highest BCUT2D eigenvalue weighted by Crippen LogP contribution is 2.37. The Morgan fingerprint density at radius 3 is 1.35 bits per heavy atom. The highest BCUT2D eigenvalue weighted by atomic mass is 16.3. The van der Waals surface area contributed by atoms with E-state index in [1.807, 2.05) is 91.0 Å². The van der Waals surface area contributed by atoms with Crippen molar-refractivity contribution in [2.45, 2.75) is 0 Å². The summed E-state index contributed by atoms with van der Waals surface area (Å²) in [6.45, 7) is 0. The van der Waals surface area contributed by atoms with E-state index in [9.17, 15) is 0 Å². The minimum absolute atomic E-state index is 0.562. The first-order valence-corrected chi connectivity index (χ1v) is 21.9. The van der Waals surface area contributed by atoms with Gasteiger partial charge in [-0.3, -0.25) is 0 Å². The van der Waals surface area contributed by atoms with Gasteiger partial charge in [0.1, 0.15) is 22.3 Å². The maximum atomic E-state index is 6.46. The number of fused-ring (bicyclic) bond motifs is 7. The molecule has 0 aliphatic rings. The Kier molecular flexibility index (Phi) is 8.70. The number of nitrogens with zero attached hydrogens (tertiary/aromatic N) is 5. The fourth-order valence-electron chi connectivity index (χ4n) is 8.99. The highest BCUT2D eigenvalue weighted by Gasteiger charge is 2.18. The lowest BCUT2D eigenvalue weighted by Gasteiger charge is -2.12. The first-order chi connectivity index (χ1) is 32.6. The van der Waals surface area contributed by atoms with Gasteiger partial charge in [0.25, 0.3) is 0 Å². The molecule has 13 rings (SSSR count). The van der Waals surface area contributed by atoms with Gasteiger partial charge >= 0.3 is 0 Å². The summed E-state index contributed by atoms with van der Waals surface area (Å²) in [7, 11) is 0. The molecule has 9 aromatic carbocycles. The molecule has 308 valence electrons. The molecule has 0 bridgehead atoms. The smallest absolute Gasteiger partial charge is 0.164 e. The van der Waals surface area contributed by atoms with Crippen LogP contribution in [-0.2, 0) is 0 Å². The van der Waals surface area contributed by atoms with Gasteiger partial charge in [-0.05, 0) is 82.6 Å². The van der Waals surface area contributed by atoms with Crippen molar-refractivity contribution in [1.82, 2.24) is 24.9 Å². The van der Waals surface area contributed by atoms with Gasteiger partial charge in [-0.2, -0.15) is 0 Å². The minimum atomic E-state index is 0.562. The Morgan fingerprint density at radius 2 is 0.652 bits per heavy atom. The molecule has 4 heterocycles. The van der Waals surface area contributed by atoms with Crippen LogP contribution in [-0.4, -0.2) is 24.9 Å². The summed E-state index contributed by atoms with van der Waals surface area (Å²) in [6.07, 6.45) is 0. The van der Waals surface area contributed by atoms with Crippen molar-refractivity contribution in [2.75, 3.05) is 0 Å². The fraction of sp³-hybridized carbons (Fsp3) is 0. The molecular formula is C59H35N5O2. The molecule has 66 heavy (non-hydrogen) atoms. The molecule has 7 heteroatoms. The Hall–Kier alpha value is -9.07. The van der Waals surface area contributed by atoms with Crippen molar-refractivity contribution in [1.29, 1.82) is 0 Å². The van der Waals surface area contributed by atoms with E-state index in [1.165, 1.54) is 5.39 Å². The standard InChI is InChI=1S/C59H35N5O2/c1-3-13-36(14-4-1)56-60-50(35-51(61-56)43-25-27-47-46-23-9-10-24-52(46)65-53(47)33-43)42-21-11-19-38(29-42)39-20-12-22-44(30-39)58-62-57(37-15-5-2-6-16-37)63-59(64-58)45-26-28-48-49-31-40-17-7-8-18-41(40)32-55(49)66-54(48)34-45/h1-35H. The zero-order chi connectivity index (χ0) is 43.6. The van der Waals surface area contributed by atoms with Gasteiger partial charge in [-0.1, -0.05) is 152 Å². The molecule has 4 aromatic heterocycles. The van der Waals surface area contributed by atoms with Crippen LogP contribution in [0.5, 0.6) is 0 Å². The minimum Gasteiger partial charge on any atom is -0.456 e. The van der Waals surface area contributed by atoms with Crippen molar-refractivity contribution in [3.8, 4) is 79.2 Å². The lowest BCUT2D eigenvalue weighted by molar-refractivity contribution is 0.669. The second-order valence-electron chi connectivity index (χ2n) is 16.5. The lowest BCUT2D eigenvalue weighted by Crippen LogP contribution is -2.00. The first kappa shape index (κ1) is 37.5. The molecule has 0 unspecified atom stereocenters. The fourth-order valence-corrected chi connectivity index (χ4v) is 8.99. The SMILES string of the molecule is c1ccc(-c2nc(-c3cccc(-c4cccc(-c5nc(-c6ccccc6)nc(-c6ccc7c(c6)oc6cc8ccccc8cc67)n5)c4)c3)cc(-c3ccc4c(c3)oc3ccccc34)n2)cc1. The van der Waals surface area contributed by atoms with Crippen molar-refractivity contribution in [2.24, 2.45) is 0 Å². The molecule has 0 aliphatic carbocycles. The summed E-state index contributed by atoms with van der Waals surface area (Å²) < 4.78 is 12.7. The Bertz CT molecular complexity index is 4010. The Labute approximate surface area is 378 Å². The second kappa shape index (κ2) is 15.3. The number of hydrogen-bond donors (Lipinski definition) is 0. The van der Waals surface area contributed by atoms with Crippen LogP contribution in [0.3, 0.4) is 0 Å². The van der Waals surface area contributed by atoms with Gasteiger partial charge in [0.15, 0.2) is 23.3 Å². The molecule has 0 saturated carbocycles. The van der Waals surface area contributed by atoms with E-state index in [0.29, 0.717) is 23.3 Å². The molecule has 0 atom stereocenters. The largest absolute Gasteiger partial charge is 0.456 e. The lowest BCUT2D eigenvalue weighted by atomic mass is 9.99. The number of aromatic nitrogens is 5. The Balaban J connectivity index is 0.893. The summed E-state index contributed by atoms with van der Waals surface area (Å²) in [6, 6.07) is 72.4. The van der Waals surface area contributed by atoms with Gasteiger partial charge in [0.2, 0.25) is 0 Å². The van der Waals surface area contributed by atoms with E-state index >= 15 is 0 Å². The molecule has 0 amide bonds. The topological polar surface area (TPSA) is 90.7 Å². The summed E-state index contributed by atoms with van der Waals surface area (Å²) >= 11 is 0. The Morgan fingerprint density at radius 1 is 0.227 bits per heavy atom. The van der Waals surface area contributed by atoms with Crippen molar-refractivity contribution in [3.63, 3.8) is 0 Å². The number of furan rings is 2. The second-order valence-corrected chi connectivity index (χ2v) is 16.5. The van der Waals surface area contributed by atoms with Gasteiger partial charge < -0.3 is 8.83 Å². The molecular weight excluding hydrogens is 811 g/mol. The number of hydrogen-bond acceptors (Lipinski definition) is 7. The molecule has 0 aliphatic heterocycles. The number of benzene rings is 9. The predicted molar refractivity (Wildman–Crippen MR) is 266 cm³/mol. The summed E-state index contributed by atoms with van der Waals surface area (Å²) in [5.41, 5.74) is 12.4. The van der Waals surface area contributed by atoms with Gasteiger partial charge in [-0.15, -0.1) is 0 Å². The summed E-state index contributed by atoms with van der Waals surface area (Å²) in [5, 5.41) is 6.61. The van der Waals surface area contributed by atoms with Crippen LogP contribution in [0.2, 0.25) is 0 Å². The van der Waals surface area contributed by atoms with E-state index in [1.54, 1.807) is 0 Å². The van der Waals surface area contributed by atoms with E-state index in [4.69, 9.17) is 33.8 Å². The van der Waals surface area contributed by atoms with Crippen LogP contribution in [0.1, 0.15) is 0 Å². The quantitative estimate of drug-likeness (QED) is 0.158. The molecule has 0 N–H and O–H groups in total. The molecule has 13 aromatic rings. The molecule has 0 radical (unpaired) electrons. The third kappa shape index (κ3) is 6.66. The van der Waals surface area contributed by atoms with Crippen molar-refractivity contribution >= 4 is 54.6 Å². The average molecular weight is 846 g/mol. The maximum absolute atomic E-state index is 6.46. The number of rotatable bonds is 7. The van der Waals surface area contributed by atoms with E-state index in [0.717, 1.165) is 105 Å². The van der Waals surface area contributed by atoms with Crippen LogP contribution < -0.4 is 0 Å². The molecule has 7 nitrogen and oxygen atoms in total. The molecule has 0 fully saturated rings. The normalized spacial score (nSPS) is 11.6. The summed E-state index contributed by atoms with van der Waals surface area (Å²) in [4.78, 5) is 25.5. The van der Waals surface area contributed by atoms with E-state index in [-0.39, 0.29) is 0 Å². The van der Waals surface area contributed by atoms with Crippen LogP contribution >= 0.6 is 0 Å². The zero-order valence-electron chi connectivity index (χ0n) is 35.3. The third-order valence-electron chi connectivity index (χ3n) is 12.3. The number of para-hydroxylation sites is 1. The maximum Gasteiger partial charge on any atom is 0.164 e. The molecule has 0 saturated heterocycles. The van der Waals surface area contributed by atoms with Crippen LogP contribution in [0.25, 0.3) is 134 Å². The van der Waals surface area contributed by atoms with Crippen LogP contribution in [0, 0.1) is 0 Å². The van der Waals surface area contributed by atoms with Crippen molar-refractivity contribution in [3.05, 3.63) is 212 Å². The van der Waals surface area contributed by atoms with Gasteiger partial charge in [0, 0.05) is 54.9 Å². The van der Waals surface area contributed by atoms with E-state index in [2.05, 4.69) is 121 Å². The predicted octanol–water partition coefficient (Wildman–Crippen LogP) is 15.3. The first-order valence-electron chi connectivity index (χ1n) is 21.9. The van der Waals surface area contributed by atoms with Crippen LogP contribution in [0.15, 0.2) is 221 Å². The van der Waals surface area contributed by atoms with Crippen molar-refractivity contribution < 1.29 is 8.83 Å². The average Bonchev–Trinajstić information content (AvgIpc) is 3.95. The zero-order valence-corrected chi connectivity index (χ0v) is 35.3. The van der Waals surface area contributed by atoms with E-state index < -0.39 is 0 Å². The molecule has 0 spiro atoms. The van der Waals surface area contributed by atoms with Crippen LogP contribution in [0.4, 0.5) is 0 Å². The third-order valence-corrected chi connectivity index (χ3v) is 12.3. The highest BCUT2D eigenvalue weighted by molar-refractivity contribution is 6.11. The van der Waals surface area contributed by atoms with Gasteiger partial charge in [-0.25, -0.2) is 24.9 Å². The summed E-state index contributed by atoms with van der Waals surface area (Å²) in [5.74, 6) is 2.37. The van der Waals surface area contributed by atoms with Gasteiger partial charge in [0.05, 0.1) is 11.4 Å². The monoisotopic (exact) mass is 845 g/mol.